The van der Waals surface area contributed by atoms with Crippen molar-refractivity contribution in [1.29, 1.82) is 0 Å². The molecule has 0 amide bonds. The number of anilines is 1. The van der Waals surface area contributed by atoms with Crippen LogP contribution in [0.4, 0.5) is 11.6 Å². The second kappa shape index (κ2) is 6.24. The topological polar surface area (TPSA) is 28.7 Å². The molecule has 3 nitrogen and oxygen atoms in total. The number of halogens is 2. The van der Waals surface area contributed by atoms with Crippen molar-refractivity contribution in [2.24, 2.45) is 4.99 Å². The Morgan fingerprint density at radius 3 is 2.81 bits per heavy atom. The third kappa shape index (κ3) is 3.33. The first-order valence-corrected chi connectivity index (χ1v) is 8.15. The Bertz CT molecular complexity index is 675. The van der Waals surface area contributed by atoms with E-state index in [1.807, 2.05) is 31.2 Å². The van der Waals surface area contributed by atoms with E-state index in [1.165, 1.54) is 12.8 Å². The van der Waals surface area contributed by atoms with E-state index in [0.29, 0.717) is 5.02 Å². The molecule has 5 heteroatoms. The summed E-state index contributed by atoms with van der Waals surface area (Å²) in [6, 6.07) is 7.64. The normalized spacial score (nSPS) is 15.3. The van der Waals surface area contributed by atoms with Gasteiger partial charge in [0.15, 0.2) is 0 Å². The fraction of sp³-hybridized carbons (Fsp3) is 0.312. The van der Waals surface area contributed by atoms with Crippen molar-refractivity contribution in [2.45, 2.75) is 19.8 Å². The summed E-state index contributed by atoms with van der Waals surface area (Å²) in [5, 5.41) is 0.686. The quantitative estimate of drug-likeness (QED) is 0.684. The zero-order valence-electron chi connectivity index (χ0n) is 11.8. The van der Waals surface area contributed by atoms with E-state index >= 15 is 0 Å². The molecule has 1 fully saturated rings. The zero-order chi connectivity index (χ0) is 14.8. The maximum Gasteiger partial charge on any atom is 0.210 e. The smallest absolute Gasteiger partial charge is 0.210 e. The fourth-order valence-corrected chi connectivity index (χ4v) is 3.15. The van der Waals surface area contributed by atoms with Crippen LogP contribution in [0.25, 0.3) is 0 Å². The average molecular weight is 368 g/mol. The molecule has 1 aliphatic rings. The first-order chi connectivity index (χ1) is 10.1. The van der Waals surface area contributed by atoms with E-state index in [0.717, 1.165) is 40.5 Å². The molecule has 0 unspecified atom stereocenters. The highest BCUT2D eigenvalue weighted by molar-refractivity contribution is 9.10. The van der Waals surface area contributed by atoms with Crippen molar-refractivity contribution >= 4 is 45.3 Å². The van der Waals surface area contributed by atoms with Gasteiger partial charge in [0.25, 0.3) is 0 Å². The molecule has 0 spiro atoms. The molecule has 0 bridgehead atoms. The van der Waals surface area contributed by atoms with Crippen LogP contribution in [-0.4, -0.2) is 19.3 Å². The number of hydrogen-bond donors (Lipinski definition) is 0. The minimum Gasteiger partial charge on any atom is -0.438 e. The van der Waals surface area contributed by atoms with E-state index in [9.17, 15) is 0 Å². The summed E-state index contributed by atoms with van der Waals surface area (Å²) in [4.78, 5) is 6.73. The molecule has 0 saturated carbocycles. The molecule has 0 N–H and O–H groups in total. The largest absolute Gasteiger partial charge is 0.438 e. The van der Waals surface area contributed by atoms with Crippen molar-refractivity contribution in [3.63, 3.8) is 0 Å². The molecule has 1 aromatic carbocycles. The van der Waals surface area contributed by atoms with Crippen molar-refractivity contribution in [3.8, 4) is 0 Å². The van der Waals surface area contributed by atoms with Gasteiger partial charge in [-0.25, -0.2) is 0 Å². The van der Waals surface area contributed by atoms with Gasteiger partial charge in [-0.1, -0.05) is 17.7 Å². The Kier molecular flexibility index (Phi) is 4.36. The third-order valence-corrected chi connectivity index (χ3v) is 4.39. The van der Waals surface area contributed by atoms with Crippen molar-refractivity contribution in [2.75, 3.05) is 18.0 Å². The summed E-state index contributed by atoms with van der Waals surface area (Å²) in [6.07, 6.45) is 4.18. The maximum absolute atomic E-state index is 6.00. The van der Waals surface area contributed by atoms with E-state index < -0.39 is 0 Å². The van der Waals surface area contributed by atoms with Crippen LogP contribution in [0.2, 0.25) is 5.02 Å². The van der Waals surface area contributed by atoms with Crippen molar-refractivity contribution in [1.82, 2.24) is 0 Å². The van der Waals surface area contributed by atoms with Gasteiger partial charge in [0.2, 0.25) is 5.88 Å². The summed E-state index contributed by atoms with van der Waals surface area (Å²) in [5.41, 5.74) is 1.94. The standard InChI is InChI=1S/C16H16BrClN2O/c1-11-4-5-12(18)8-15(11)19-10-13-9-14(17)16(21-13)20-6-2-3-7-20/h4-5,8-10H,2-3,6-7H2,1H3. The molecule has 0 radical (unpaired) electrons. The van der Waals surface area contributed by atoms with Crippen LogP contribution in [0, 0.1) is 6.92 Å². The van der Waals surface area contributed by atoms with E-state index in [-0.39, 0.29) is 0 Å². The van der Waals surface area contributed by atoms with Gasteiger partial charge in [-0.2, -0.15) is 0 Å². The summed E-state index contributed by atoms with van der Waals surface area (Å²) in [5.74, 6) is 1.64. The molecule has 21 heavy (non-hydrogen) atoms. The molecular weight excluding hydrogens is 352 g/mol. The van der Waals surface area contributed by atoms with Gasteiger partial charge >= 0.3 is 0 Å². The SMILES string of the molecule is Cc1ccc(Cl)cc1N=Cc1cc(Br)c(N2CCCC2)o1. The maximum atomic E-state index is 6.00. The Balaban J connectivity index is 1.83. The van der Waals surface area contributed by atoms with Crippen LogP contribution in [0.1, 0.15) is 24.2 Å². The van der Waals surface area contributed by atoms with Gasteiger partial charge in [-0.15, -0.1) is 0 Å². The van der Waals surface area contributed by atoms with Crippen molar-refractivity contribution in [3.05, 3.63) is 45.1 Å². The van der Waals surface area contributed by atoms with Gasteiger partial charge in [0.1, 0.15) is 5.76 Å². The fourth-order valence-electron chi connectivity index (χ4n) is 2.43. The monoisotopic (exact) mass is 366 g/mol. The summed E-state index contributed by atoms with van der Waals surface area (Å²) < 4.78 is 6.87. The Labute approximate surface area is 137 Å². The summed E-state index contributed by atoms with van der Waals surface area (Å²) >= 11 is 9.56. The zero-order valence-corrected chi connectivity index (χ0v) is 14.1. The highest BCUT2D eigenvalue weighted by Gasteiger charge is 2.19. The molecule has 2 aromatic rings. The summed E-state index contributed by atoms with van der Waals surface area (Å²) in [6.45, 7) is 4.11. The van der Waals surface area contributed by atoms with Crippen molar-refractivity contribution < 1.29 is 4.42 Å². The first-order valence-electron chi connectivity index (χ1n) is 6.98. The third-order valence-electron chi connectivity index (χ3n) is 3.58. The van der Waals surface area contributed by atoms with Crippen LogP contribution in [0.15, 0.2) is 38.1 Å². The number of aryl methyl sites for hydroxylation is 1. The predicted molar refractivity (Wildman–Crippen MR) is 91.3 cm³/mol. The molecule has 0 aliphatic carbocycles. The van der Waals surface area contributed by atoms with Gasteiger partial charge in [-0.05, 0) is 53.4 Å². The summed E-state index contributed by atoms with van der Waals surface area (Å²) in [7, 11) is 0. The average Bonchev–Trinajstić information content (AvgIpc) is 3.09. The highest BCUT2D eigenvalue weighted by Crippen LogP contribution is 2.32. The Morgan fingerprint density at radius 2 is 2.05 bits per heavy atom. The van der Waals surface area contributed by atoms with Crippen LogP contribution >= 0.6 is 27.5 Å². The lowest BCUT2D eigenvalue weighted by molar-refractivity contribution is 0.549. The van der Waals surface area contributed by atoms with Crippen LogP contribution in [0.5, 0.6) is 0 Å². The molecule has 1 saturated heterocycles. The van der Waals surface area contributed by atoms with E-state index in [2.05, 4.69) is 25.8 Å². The molecule has 3 rings (SSSR count). The molecule has 1 aromatic heterocycles. The predicted octanol–water partition coefficient (Wildman–Crippen LogP) is 5.35. The molecule has 110 valence electrons. The van der Waals surface area contributed by atoms with E-state index in [4.69, 9.17) is 16.0 Å². The van der Waals surface area contributed by atoms with Crippen LogP contribution < -0.4 is 4.90 Å². The Hall–Kier alpha value is -1.26. The lowest BCUT2D eigenvalue weighted by Crippen LogP contribution is -2.17. The first kappa shape index (κ1) is 14.7. The number of aliphatic imine (C=N–C) groups is 1. The molecule has 1 aliphatic heterocycles. The number of hydrogen-bond acceptors (Lipinski definition) is 3. The van der Waals surface area contributed by atoms with Gasteiger partial charge < -0.3 is 9.32 Å². The number of rotatable bonds is 3. The Morgan fingerprint density at radius 1 is 1.29 bits per heavy atom. The molecular formula is C16H16BrClN2O. The van der Waals surface area contributed by atoms with Gasteiger partial charge in [0.05, 0.1) is 16.4 Å². The van der Waals surface area contributed by atoms with Crippen LogP contribution in [-0.2, 0) is 0 Å². The molecule has 0 atom stereocenters. The second-order valence-electron chi connectivity index (χ2n) is 5.19. The highest BCUT2D eigenvalue weighted by atomic mass is 79.9. The molecule has 2 heterocycles. The minimum absolute atomic E-state index is 0.686. The lowest BCUT2D eigenvalue weighted by Gasteiger charge is -2.13. The van der Waals surface area contributed by atoms with E-state index in [1.54, 1.807) is 6.21 Å². The van der Waals surface area contributed by atoms with Gasteiger partial charge in [0, 0.05) is 24.2 Å². The second-order valence-corrected chi connectivity index (χ2v) is 6.48. The van der Waals surface area contributed by atoms with Crippen LogP contribution in [0.3, 0.4) is 0 Å². The number of nitrogens with zero attached hydrogens (tertiary/aromatic N) is 2. The number of benzene rings is 1. The number of furan rings is 1. The minimum atomic E-state index is 0.686. The van der Waals surface area contributed by atoms with Gasteiger partial charge in [-0.3, -0.25) is 4.99 Å². The lowest BCUT2D eigenvalue weighted by atomic mass is 10.2.